The quantitative estimate of drug-likeness (QED) is 0.807. The predicted molar refractivity (Wildman–Crippen MR) is 88.0 cm³/mol. The molecule has 1 aromatic heterocycles. The van der Waals surface area contributed by atoms with Crippen LogP contribution in [0.15, 0.2) is 30.6 Å². The van der Waals surface area contributed by atoms with Crippen LogP contribution in [-0.4, -0.2) is 24.1 Å². The number of nitrogens with zero attached hydrogens (tertiary/aromatic N) is 2. The van der Waals surface area contributed by atoms with Crippen molar-refractivity contribution in [3.05, 3.63) is 51.0 Å². The fourth-order valence-corrected chi connectivity index (χ4v) is 2.85. The molecule has 2 aromatic rings. The summed E-state index contributed by atoms with van der Waals surface area (Å²) < 4.78 is 6.44. The second kappa shape index (κ2) is 6.99. The van der Waals surface area contributed by atoms with Crippen LogP contribution in [0, 0.1) is 10.5 Å². The molecule has 0 spiro atoms. The Morgan fingerprint density at radius 3 is 2.85 bits per heavy atom. The first-order valence-electron chi connectivity index (χ1n) is 6.43. The van der Waals surface area contributed by atoms with Gasteiger partial charge in [-0.1, -0.05) is 18.2 Å². The van der Waals surface area contributed by atoms with E-state index in [2.05, 4.69) is 63.0 Å². The minimum absolute atomic E-state index is 0.224. The van der Waals surface area contributed by atoms with Crippen LogP contribution in [0.3, 0.4) is 0 Å². The molecule has 0 radical (unpaired) electrons. The highest BCUT2D eigenvalue weighted by molar-refractivity contribution is 14.1. The largest absolute Gasteiger partial charge is 0.481 e. The summed E-state index contributed by atoms with van der Waals surface area (Å²) in [7, 11) is 3.59. The van der Waals surface area contributed by atoms with Crippen LogP contribution >= 0.6 is 22.6 Å². The van der Waals surface area contributed by atoms with E-state index in [1.54, 1.807) is 13.4 Å². The first-order chi connectivity index (χ1) is 9.65. The third kappa shape index (κ3) is 3.46. The lowest BCUT2D eigenvalue weighted by molar-refractivity contribution is 0.395. The smallest absolute Gasteiger partial charge is 0.216 e. The van der Waals surface area contributed by atoms with Gasteiger partial charge in [0.1, 0.15) is 6.33 Å². The second-order valence-electron chi connectivity index (χ2n) is 4.58. The Labute approximate surface area is 133 Å². The zero-order valence-corrected chi connectivity index (χ0v) is 14.0. The monoisotopic (exact) mass is 383 g/mol. The summed E-state index contributed by atoms with van der Waals surface area (Å²) >= 11 is 2.40. The molecule has 1 unspecified atom stereocenters. The standard InChI is InChI=1S/C15H18IN3O/c1-10-5-4-6-12(15(10)16)13(17-2)7-11-8-14(20-3)19-9-18-11/h4-6,8-9,13,17H,7H2,1-3H3. The van der Waals surface area contributed by atoms with E-state index in [0.29, 0.717) is 5.88 Å². The summed E-state index contributed by atoms with van der Waals surface area (Å²) in [6.45, 7) is 2.13. The van der Waals surface area contributed by atoms with Gasteiger partial charge in [-0.15, -0.1) is 0 Å². The Morgan fingerprint density at radius 1 is 1.35 bits per heavy atom. The van der Waals surface area contributed by atoms with Gasteiger partial charge in [0.05, 0.1) is 7.11 Å². The van der Waals surface area contributed by atoms with E-state index < -0.39 is 0 Å². The molecule has 4 nitrogen and oxygen atoms in total. The number of hydrogen-bond donors (Lipinski definition) is 1. The molecule has 0 aliphatic carbocycles. The van der Waals surface area contributed by atoms with Crippen molar-refractivity contribution in [3.63, 3.8) is 0 Å². The third-order valence-corrected chi connectivity index (χ3v) is 4.74. The van der Waals surface area contributed by atoms with Gasteiger partial charge in [0, 0.05) is 27.8 Å². The SMILES string of the molecule is CNC(Cc1cc(OC)ncn1)c1cccc(C)c1I. The van der Waals surface area contributed by atoms with E-state index in [4.69, 9.17) is 4.74 Å². The van der Waals surface area contributed by atoms with E-state index >= 15 is 0 Å². The highest BCUT2D eigenvalue weighted by Gasteiger charge is 2.15. The first kappa shape index (κ1) is 15.2. The van der Waals surface area contributed by atoms with Crippen molar-refractivity contribution >= 4 is 22.6 Å². The molecule has 106 valence electrons. The molecule has 5 heteroatoms. The Bertz CT molecular complexity index is 589. The lowest BCUT2D eigenvalue weighted by Crippen LogP contribution is -2.20. The van der Waals surface area contributed by atoms with E-state index in [1.807, 2.05) is 13.1 Å². The lowest BCUT2D eigenvalue weighted by Gasteiger charge is -2.19. The van der Waals surface area contributed by atoms with Crippen LogP contribution in [0.1, 0.15) is 22.9 Å². The van der Waals surface area contributed by atoms with Crippen molar-refractivity contribution in [3.8, 4) is 5.88 Å². The number of likely N-dealkylation sites (N-methyl/N-ethyl adjacent to an activating group) is 1. The molecule has 0 bridgehead atoms. The van der Waals surface area contributed by atoms with Crippen LogP contribution in [0.25, 0.3) is 0 Å². The lowest BCUT2D eigenvalue weighted by atomic mass is 10.0. The molecule has 1 N–H and O–H groups in total. The van der Waals surface area contributed by atoms with Crippen molar-refractivity contribution in [2.75, 3.05) is 14.2 Å². The minimum atomic E-state index is 0.224. The average molecular weight is 383 g/mol. The van der Waals surface area contributed by atoms with Crippen molar-refractivity contribution in [2.24, 2.45) is 0 Å². The van der Waals surface area contributed by atoms with Gasteiger partial charge in [0.25, 0.3) is 0 Å². The Morgan fingerprint density at radius 2 is 2.15 bits per heavy atom. The van der Waals surface area contributed by atoms with Gasteiger partial charge in [-0.25, -0.2) is 9.97 Å². The van der Waals surface area contributed by atoms with E-state index in [-0.39, 0.29) is 6.04 Å². The van der Waals surface area contributed by atoms with Crippen molar-refractivity contribution in [2.45, 2.75) is 19.4 Å². The van der Waals surface area contributed by atoms with Gasteiger partial charge in [0.2, 0.25) is 5.88 Å². The van der Waals surface area contributed by atoms with Crippen LogP contribution < -0.4 is 10.1 Å². The maximum Gasteiger partial charge on any atom is 0.216 e. The topological polar surface area (TPSA) is 47.0 Å². The van der Waals surface area contributed by atoms with Gasteiger partial charge >= 0.3 is 0 Å². The highest BCUT2D eigenvalue weighted by Crippen LogP contribution is 2.25. The van der Waals surface area contributed by atoms with Crippen molar-refractivity contribution in [1.29, 1.82) is 0 Å². The van der Waals surface area contributed by atoms with E-state index in [9.17, 15) is 0 Å². The predicted octanol–water partition coefficient (Wildman–Crippen LogP) is 2.90. The number of aryl methyl sites for hydroxylation is 1. The summed E-state index contributed by atoms with van der Waals surface area (Å²) in [5.41, 5.74) is 3.56. The minimum Gasteiger partial charge on any atom is -0.481 e. The van der Waals surface area contributed by atoms with Crippen molar-refractivity contribution in [1.82, 2.24) is 15.3 Å². The molecule has 0 saturated heterocycles. The zero-order chi connectivity index (χ0) is 14.5. The van der Waals surface area contributed by atoms with Gasteiger partial charge < -0.3 is 10.1 Å². The number of nitrogens with one attached hydrogen (secondary N) is 1. The maximum absolute atomic E-state index is 5.15. The van der Waals surface area contributed by atoms with E-state index in [1.165, 1.54) is 14.7 Å². The number of hydrogen-bond acceptors (Lipinski definition) is 4. The Kier molecular flexibility index (Phi) is 5.31. The number of ether oxygens (including phenoxy) is 1. The number of rotatable bonds is 5. The average Bonchev–Trinajstić information content (AvgIpc) is 2.48. The van der Waals surface area contributed by atoms with Crippen LogP contribution in [-0.2, 0) is 6.42 Å². The van der Waals surface area contributed by atoms with Gasteiger partial charge in [-0.3, -0.25) is 0 Å². The molecule has 20 heavy (non-hydrogen) atoms. The summed E-state index contributed by atoms with van der Waals surface area (Å²) in [6.07, 6.45) is 2.34. The van der Waals surface area contributed by atoms with Gasteiger partial charge in [-0.2, -0.15) is 0 Å². The van der Waals surface area contributed by atoms with Crippen molar-refractivity contribution < 1.29 is 4.74 Å². The molecule has 0 aliphatic rings. The van der Waals surface area contributed by atoms with E-state index in [0.717, 1.165) is 12.1 Å². The summed E-state index contributed by atoms with van der Waals surface area (Å²) in [6, 6.07) is 8.49. The molecule has 1 heterocycles. The van der Waals surface area contributed by atoms with Gasteiger partial charge in [-0.05, 0) is 47.7 Å². The number of methoxy groups -OCH3 is 1. The summed E-state index contributed by atoms with van der Waals surface area (Å²) in [5.74, 6) is 0.601. The molecular weight excluding hydrogens is 365 g/mol. The molecule has 1 aromatic carbocycles. The number of benzene rings is 1. The Balaban J connectivity index is 2.26. The maximum atomic E-state index is 5.15. The van der Waals surface area contributed by atoms with Crippen LogP contribution in [0.5, 0.6) is 5.88 Å². The Hall–Kier alpha value is -1.21. The molecule has 2 rings (SSSR count). The molecule has 0 aliphatic heterocycles. The molecule has 1 atom stereocenters. The molecule has 0 fully saturated rings. The molecule has 0 saturated carbocycles. The fourth-order valence-electron chi connectivity index (χ4n) is 2.12. The third-order valence-electron chi connectivity index (χ3n) is 3.27. The highest BCUT2D eigenvalue weighted by atomic mass is 127. The summed E-state index contributed by atoms with van der Waals surface area (Å²) in [5, 5.41) is 3.37. The van der Waals surface area contributed by atoms with Crippen LogP contribution in [0.4, 0.5) is 0 Å². The fraction of sp³-hybridized carbons (Fsp3) is 0.333. The van der Waals surface area contributed by atoms with Gasteiger partial charge in [0.15, 0.2) is 0 Å². The van der Waals surface area contributed by atoms with Crippen LogP contribution in [0.2, 0.25) is 0 Å². The second-order valence-corrected chi connectivity index (χ2v) is 5.65. The normalized spacial score (nSPS) is 12.2. The first-order valence-corrected chi connectivity index (χ1v) is 7.50. The molecular formula is C15H18IN3O. The molecule has 0 amide bonds. The zero-order valence-electron chi connectivity index (χ0n) is 11.9. The summed E-state index contributed by atoms with van der Waals surface area (Å²) in [4.78, 5) is 8.36. The number of halogens is 1. The number of aromatic nitrogens is 2.